The van der Waals surface area contributed by atoms with E-state index in [1.807, 2.05) is 13.8 Å². The van der Waals surface area contributed by atoms with Crippen LogP contribution in [-0.4, -0.2) is 22.8 Å². The molecule has 1 heterocycles. The van der Waals surface area contributed by atoms with Crippen LogP contribution in [-0.2, 0) is 9.59 Å². The summed E-state index contributed by atoms with van der Waals surface area (Å²) in [4.78, 5) is 34.8. The first kappa shape index (κ1) is 15.1. The van der Waals surface area contributed by atoms with Crippen molar-refractivity contribution in [1.29, 1.82) is 0 Å². The number of aryl methyl sites for hydroxylation is 1. The van der Waals surface area contributed by atoms with Crippen molar-refractivity contribution in [3.63, 3.8) is 0 Å². The zero-order valence-corrected chi connectivity index (χ0v) is 11.8. The number of thiophene rings is 1. The molecule has 1 aromatic heterocycles. The first-order valence-corrected chi connectivity index (χ1v) is 6.37. The largest absolute Gasteiger partial charge is 0.481 e. The van der Waals surface area contributed by atoms with Gasteiger partial charge in [-0.2, -0.15) is 0 Å². The lowest BCUT2D eigenvalue weighted by Gasteiger charge is -2.06. The summed E-state index contributed by atoms with van der Waals surface area (Å²) in [6, 6.07) is 0. The molecular formula is C13H15NO4S. The number of anilines is 1. The van der Waals surface area contributed by atoms with Gasteiger partial charge in [-0.1, -0.05) is 6.58 Å². The van der Waals surface area contributed by atoms with Gasteiger partial charge in [0.2, 0.25) is 0 Å². The third-order valence-corrected chi connectivity index (χ3v) is 3.77. The van der Waals surface area contributed by atoms with Gasteiger partial charge >= 0.3 is 5.97 Å². The number of hydrogen-bond acceptors (Lipinski definition) is 4. The van der Waals surface area contributed by atoms with E-state index in [2.05, 4.69) is 11.9 Å². The van der Waals surface area contributed by atoms with Crippen molar-refractivity contribution in [2.75, 3.05) is 5.32 Å². The fourth-order valence-corrected chi connectivity index (χ4v) is 2.70. The van der Waals surface area contributed by atoms with Crippen LogP contribution >= 0.6 is 11.3 Å². The Labute approximate surface area is 114 Å². The van der Waals surface area contributed by atoms with E-state index in [1.54, 1.807) is 0 Å². The van der Waals surface area contributed by atoms with Crippen molar-refractivity contribution >= 4 is 34.0 Å². The van der Waals surface area contributed by atoms with E-state index in [0.29, 0.717) is 10.6 Å². The van der Waals surface area contributed by atoms with Crippen molar-refractivity contribution in [3.8, 4) is 0 Å². The van der Waals surface area contributed by atoms with E-state index in [0.717, 1.165) is 10.4 Å². The number of rotatable bonds is 5. The molecule has 0 aliphatic rings. The van der Waals surface area contributed by atoms with Crippen molar-refractivity contribution in [3.05, 3.63) is 28.2 Å². The van der Waals surface area contributed by atoms with Gasteiger partial charge in [-0.3, -0.25) is 14.4 Å². The number of amides is 1. The van der Waals surface area contributed by atoms with E-state index in [9.17, 15) is 14.4 Å². The number of Topliss-reactive ketones (excluding diaryl/α,β-unsaturated/α-hetero) is 1. The second-order valence-corrected chi connectivity index (χ2v) is 5.40. The van der Waals surface area contributed by atoms with Gasteiger partial charge in [0.1, 0.15) is 5.00 Å². The summed E-state index contributed by atoms with van der Waals surface area (Å²) >= 11 is 1.29. The molecule has 0 aromatic carbocycles. The standard InChI is InChI=1S/C13H15NO4S/c1-6(5-10(16)17)12(18)14-13-11(8(3)15)7(2)9(4)19-13/h1,5H2,2-4H3,(H,14,18)(H,16,17). The SMILES string of the molecule is C=C(CC(=O)O)C(=O)Nc1sc(C)c(C)c1C(C)=O. The molecule has 5 nitrogen and oxygen atoms in total. The monoisotopic (exact) mass is 281 g/mol. The molecule has 0 spiro atoms. The Kier molecular flexibility index (Phi) is 4.61. The maximum Gasteiger partial charge on any atom is 0.308 e. The molecule has 1 amide bonds. The molecule has 0 saturated carbocycles. The van der Waals surface area contributed by atoms with Crippen LogP contribution in [0.3, 0.4) is 0 Å². The summed E-state index contributed by atoms with van der Waals surface area (Å²) in [7, 11) is 0. The number of carboxylic acids is 1. The molecular weight excluding hydrogens is 266 g/mol. The van der Waals surface area contributed by atoms with E-state index >= 15 is 0 Å². The summed E-state index contributed by atoms with van der Waals surface area (Å²) in [5.41, 5.74) is 1.25. The minimum atomic E-state index is -1.12. The third-order valence-electron chi connectivity index (χ3n) is 2.65. The Balaban J connectivity index is 2.97. The molecule has 0 atom stereocenters. The molecule has 0 aliphatic heterocycles. The van der Waals surface area contributed by atoms with E-state index < -0.39 is 18.3 Å². The predicted octanol–water partition coefficient (Wildman–Crippen LogP) is 2.54. The summed E-state index contributed by atoms with van der Waals surface area (Å²) < 4.78 is 0. The first-order valence-electron chi connectivity index (χ1n) is 5.55. The second kappa shape index (κ2) is 5.79. The van der Waals surface area contributed by atoms with Gasteiger partial charge in [0.25, 0.3) is 5.91 Å². The summed E-state index contributed by atoms with van der Waals surface area (Å²) in [5.74, 6) is -1.84. The zero-order valence-electron chi connectivity index (χ0n) is 11.0. The molecule has 2 N–H and O–H groups in total. The van der Waals surface area contributed by atoms with E-state index in [-0.39, 0.29) is 11.4 Å². The molecule has 0 radical (unpaired) electrons. The smallest absolute Gasteiger partial charge is 0.308 e. The summed E-state index contributed by atoms with van der Waals surface area (Å²) in [6.07, 6.45) is -0.426. The Morgan fingerprint density at radius 1 is 1.32 bits per heavy atom. The third kappa shape index (κ3) is 3.51. The van der Waals surface area contributed by atoms with E-state index in [1.165, 1.54) is 18.3 Å². The summed E-state index contributed by atoms with van der Waals surface area (Å²) in [6.45, 7) is 8.51. The van der Waals surface area contributed by atoms with Crippen molar-refractivity contribution < 1.29 is 19.5 Å². The Bertz CT molecular complexity index is 571. The number of aliphatic carboxylic acids is 1. The average molecular weight is 281 g/mol. The van der Waals surface area contributed by atoms with Crippen LogP contribution in [0.4, 0.5) is 5.00 Å². The van der Waals surface area contributed by atoms with Crippen molar-refractivity contribution in [2.45, 2.75) is 27.2 Å². The van der Waals surface area contributed by atoms with Crippen LogP contribution in [0, 0.1) is 13.8 Å². The van der Waals surface area contributed by atoms with Gasteiger partial charge in [-0.15, -0.1) is 11.3 Å². The van der Waals surface area contributed by atoms with E-state index in [4.69, 9.17) is 5.11 Å². The van der Waals surface area contributed by atoms with Crippen LogP contribution in [0.5, 0.6) is 0 Å². The molecule has 0 fully saturated rings. The van der Waals surface area contributed by atoms with Crippen LogP contribution in [0.2, 0.25) is 0 Å². The average Bonchev–Trinajstić information content (AvgIpc) is 2.53. The molecule has 0 bridgehead atoms. The molecule has 1 rings (SSSR count). The Hall–Kier alpha value is -1.95. The highest BCUT2D eigenvalue weighted by Crippen LogP contribution is 2.32. The highest BCUT2D eigenvalue weighted by Gasteiger charge is 2.19. The Morgan fingerprint density at radius 2 is 1.89 bits per heavy atom. The maximum absolute atomic E-state index is 11.8. The highest BCUT2D eigenvalue weighted by molar-refractivity contribution is 7.16. The lowest BCUT2D eigenvalue weighted by molar-refractivity contribution is -0.136. The second-order valence-electron chi connectivity index (χ2n) is 4.17. The molecule has 0 saturated heterocycles. The molecule has 1 aromatic rings. The van der Waals surface area contributed by atoms with Gasteiger partial charge < -0.3 is 10.4 Å². The van der Waals surface area contributed by atoms with Crippen molar-refractivity contribution in [1.82, 2.24) is 0 Å². The summed E-state index contributed by atoms with van der Waals surface area (Å²) in [5, 5.41) is 11.6. The molecule has 19 heavy (non-hydrogen) atoms. The van der Waals surface area contributed by atoms with Crippen LogP contribution in [0.15, 0.2) is 12.2 Å². The minimum absolute atomic E-state index is 0.0503. The number of nitrogens with one attached hydrogen (secondary N) is 1. The zero-order chi connectivity index (χ0) is 14.7. The molecule has 0 unspecified atom stereocenters. The van der Waals surface area contributed by atoms with Crippen LogP contribution in [0.25, 0.3) is 0 Å². The molecule has 6 heteroatoms. The Morgan fingerprint density at radius 3 is 2.37 bits per heavy atom. The van der Waals surface area contributed by atoms with Gasteiger partial charge in [-0.05, 0) is 26.3 Å². The minimum Gasteiger partial charge on any atom is -0.481 e. The normalized spacial score (nSPS) is 10.1. The van der Waals surface area contributed by atoms with Gasteiger partial charge in [0, 0.05) is 10.5 Å². The van der Waals surface area contributed by atoms with Crippen LogP contribution < -0.4 is 5.32 Å². The predicted molar refractivity (Wildman–Crippen MR) is 73.8 cm³/mol. The topological polar surface area (TPSA) is 83.5 Å². The quantitative estimate of drug-likeness (QED) is 0.641. The fraction of sp³-hybridized carbons (Fsp3) is 0.308. The number of carbonyl (C=O) groups is 3. The molecule has 102 valence electrons. The lowest BCUT2D eigenvalue weighted by Crippen LogP contribution is -2.16. The van der Waals surface area contributed by atoms with Crippen LogP contribution in [0.1, 0.15) is 34.1 Å². The van der Waals surface area contributed by atoms with Gasteiger partial charge in [0.05, 0.1) is 12.0 Å². The first-order chi connectivity index (χ1) is 8.73. The lowest BCUT2D eigenvalue weighted by atomic mass is 10.1. The van der Waals surface area contributed by atoms with Crippen molar-refractivity contribution in [2.24, 2.45) is 0 Å². The molecule has 0 aliphatic carbocycles. The fourth-order valence-electron chi connectivity index (χ4n) is 1.59. The number of ketones is 1. The maximum atomic E-state index is 11.8. The van der Waals surface area contributed by atoms with Gasteiger partial charge in [0.15, 0.2) is 5.78 Å². The number of hydrogen-bond donors (Lipinski definition) is 2. The number of carboxylic acid groups (broad SMARTS) is 1. The van der Waals surface area contributed by atoms with Gasteiger partial charge in [-0.25, -0.2) is 0 Å². The highest BCUT2D eigenvalue weighted by atomic mass is 32.1. The number of carbonyl (C=O) groups excluding carboxylic acids is 2.